The first-order valence-electron chi connectivity index (χ1n) is 5.24. The Bertz CT molecular complexity index is 476. The lowest BCUT2D eigenvalue weighted by Gasteiger charge is -2.27. The minimum Gasteiger partial charge on any atom is -0.340 e. The molecular formula is C11H10ClF3N2O. The highest BCUT2D eigenvalue weighted by molar-refractivity contribution is 6.30. The summed E-state index contributed by atoms with van der Waals surface area (Å²) in [4.78, 5) is 10.9. The van der Waals surface area contributed by atoms with Crippen LogP contribution in [0.2, 0.25) is 5.02 Å². The van der Waals surface area contributed by atoms with Gasteiger partial charge in [-0.05, 0) is 23.3 Å². The number of carbonyl (C=O) groups is 1. The number of benzene rings is 1. The molecule has 1 aliphatic rings. The summed E-state index contributed by atoms with van der Waals surface area (Å²) in [5.41, 5.74) is 1.46. The van der Waals surface area contributed by atoms with Gasteiger partial charge in [-0.2, -0.15) is 13.2 Å². The van der Waals surface area contributed by atoms with Crippen molar-refractivity contribution in [3.63, 3.8) is 0 Å². The zero-order valence-electron chi connectivity index (χ0n) is 9.14. The van der Waals surface area contributed by atoms with Crippen LogP contribution in [-0.4, -0.2) is 18.6 Å². The maximum absolute atomic E-state index is 12.2. The molecule has 1 unspecified atom stereocenters. The zero-order chi connectivity index (χ0) is 13.3. The molecule has 98 valence electrons. The summed E-state index contributed by atoms with van der Waals surface area (Å²) >= 11 is 5.81. The summed E-state index contributed by atoms with van der Waals surface area (Å²) < 4.78 is 36.6. The molecule has 0 aromatic heterocycles. The van der Waals surface area contributed by atoms with Crippen molar-refractivity contribution in [3.05, 3.63) is 34.3 Å². The Labute approximate surface area is 106 Å². The first-order chi connectivity index (χ1) is 8.38. The maximum Gasteiger partial charge on any atom is 0.471 e. The standard InChI is InChI=1S/C11H10ClF3N2O/c12-7-1-2-8-6(3-7)4-16-5-9(8)17-10(18)11(13,14)15/h1-3,9,16H,4-5H2,(H,17,18). The van der Waals surface area contributed by atoms with Crippen LogP contribution in [0, 0.1) is 0 Å². The maximum atomic E-state index is 12.2. The van der Waals surface area contributed by atoms with Gasteiger partial charge in [0.05, 0.1) is 6.04 Å². The minimum absolute atomic E-state index is 0.260. The molecule has 0 spiro atoms. The lowest BCUT2D eigenvalue weighted by atomic mass is 9.96. The summed E-state index contributed by atoms with van der Waals surface area (Å²) in [7, 11) is 0. The fourth-order valence-electron chi connectivity index (χ4n) is 1.90. The van der Waals surface area contributed by atoms with Gasteiger partial charge in [-0.25, -0.2) is 0 Å². The topological polar surface area (TPSA) is 41.1 Å². The number of hydrogen-bond donors (Lipinski definition) is 2. The predicted molar refractivity (Wildman–Crippen MR) is 60.1 cm³/mol. The molecule has 0 fully saturated rings. The normalized spacial score (nSPS) is 19.2. The fraction of sp³-hybridized carbons (Fsp3) is 0.364. The Morgan fingerprint density at radius 3 is 2.83 bits per heavy atom. The Morgan fingerprint density at radius 1 is 1.44 bits per heavy atom. The Kier molecular flexibility index (Phi) is 3.49. The molecule has 1 amide bonds. The molecule has 0 aliphatic carbocycles. The second kappa shape index (κ2) is 4.78. The molecule has 2 N–H and O–H groups in total. The number of amides is 1. The third kappa shape index (κ3) is 2.76. The average Bonchev–Trinajstić information content (AvgIpc) is 2.27. The van der Waals surface area contributed by atoms with Crippen molar-refractivity contribution in [2.24, 2.45) is 0 Å². The van der Waals surface area contributed by atoms with E-state index in [-0.39, 0.29) is 6.54 Å². The van der Waals surface area contributed by atoms with E-state index in [0.29, 0.717) is 17.1 Å². The molecule has 2 rings (SSSR count). The molecule has 0 bridgehead atoms. The van der Waals surface area contributed by atoms with Crippen LogP contribution in [0.3, 0.4) is 0 Å². The molecule has 0 saturated carbocycles. The summed E-state index contributed by atoms with van der Waals surface area (Å²) in [5.74, 6) is -1.93. The quantitative estimate of drug-likeness (QED) is 0.827. The molecule has 1 aliphatic heterocycles. The molecule has 1 aromatic rings. The van der Waals surface area contributed by atoms with E-state index in [1.165, 1.54) is 0 Å². The lowest BCUT2D eigenvalue weighted by Crippen LogP contribution is -2.44. The van der Waals surface area contributed by atoms with Gasteiger partial charge < -0.3 is 10.6 Å². The van der Waals surface area contributed by atoms with E-state index < -0.39 is 18.1 Å². The highest BCUT2D eigenvalue weighted by Gasteiger charge is 2.40. The van der Waals surface area contributed by atoms with Crippen LogP contribution < -0.4 is 10.6 Å². The van der Waals surface area contributed by atoms with Crippen molar-refractivity contribution in [3.8, 4) is 0 Å². The van der Waals surface area contributed by atoms with E-state index in [9.17, 15) is 18.0 Å². The van der Waals surface area contributed by atoms with Crippen molar-refractivity contribution in [1.82, 2.24) is 10.6 Å². The second-order valence-corrected chi connectivity index (χ2v) is 4.43. The zero-order valence-corrected chi connectivity index (χ0v) is 9.90. The van der Waals surface area contributed by atoms with E-state index >= 15 is 0 Å². The predicted octanol–water partition coefficient (Wildman–Crippen LogP) is 2.16. The van der Waals surface area contributed by atoms with E-state index in [1.807, 2.05) is 5.32 Å². The summed E-state index contributed by atoms with van der Waals surface area (Å²) in [6, 6.07) is 4.22. The molecule has 3 nitrogen and oxygen atoms in total. The molecule has 1 aromatic carbocycles. The largest absolute Gasteiger partial charge is 0.471 e. The van der Waals surface area contributed by atoms with Crippen LogP contribution in [-0.2, 0) is 11.3 Å². The SMILES string of the molecule is O=C(NC1CNCc2cc(Cl)ccc21)C(F)(F)F. The molecule has 1 heterocycles. The molecule has 1 atom stereocenters. The van der Waals surface area contributed by atoms with Gasteiger partial charge in [0.15, 0.2) is 0 Å². The number of fused-ring (bicyclic) bond motifs is 1. The van der Waals surface area contributed by atoms with Crippen molar-refractivity contribution in [2.75, 3.05) is 6.54 Å². The fourth-order valence-corrected chi connectivity index (χ4v) is 2.09. The summed E-state index contributed by atoms with van der Waals surface area (Å²) in [5, 5.41) is 5.41. The smallest absolute Gasteiger partial charge is 0.340 e. The number of hydrogen-bond acceptors (Lipinski definition) is 2. The lowest BCUT2D eigenvalue weighted by molar-refractivity contribution is -0.174. The van der Waals surface area contributed by atoms with Gasteiger partial charge in [-0.3, -0.25) is 4.79 Å². The van der Waals surface area contributed by atoms with Crippen LogP contribution >= 0.6 is 11.6 Å². The first kappa shape index (κ1) is 13.2. The number of nitrogens with one attached hydrogen (secondary N) is 2. The molecule has 0 radical (unpaired) electrons. The van der Waals surface area contributed by atoms with Crippen LogP contribution in [0.15, 0.2) is 18.2 Å². The highest BCUT2D eigenvalue weighted by Crippen LogP contribution is 2.26. The van der Waals surface area contributed by atoms with Crippen molar-refractivity contribution >= 4 is 17.5 Å². The van der Waals surface area contributed by atoms with Gasteiger partial charge in [0.25, 0.3) is 0 Å². The number of carbonyl (C=O) groups excluding carboxylic acids is 1. The van der Waals surface area contributed by atoms with E-state index in [2.05, 4.69) is 5.32 Å². The molecule has 0 saturated heterocycles. The van der Waals surface area contributed by atoms with Gasteiger partial charge in [0.2, 0.25) is 0 Å². The molecule has 18 heavy (non-hydrogen) atoms. The highest BCUT2D eigenvalue weighted by atomic mass is 35.5. The number of rotatable bonds is 1. The monoisotopic (exact) mass is 278 g/mol. The Balaban J connectivity index is 2.21. The van der Waals surface area contributed by atoms with E-state index in [4.69, 9.17) is 11.6 Å². The van der Waals surface area contributed by atoms with Crippen molar-refractivity contribution in [2.45, 2.75) is 18.8 Å². The van der Waals surface area contributed by atoms with Gasteiger partial charge in [0.1, 0.15) is 0 Å². The first-order valence-corrected chi connectivity index (χ1v) is 5.62. The van der Waals surface area contributed by atoms with Gasteiger partial charge >= 0.3 is 12.1 Å². The Morgan fingerprint density at radius 2 is 2.17 bits per heavy atom. The van der Waals surface area contributed by atoms with Crippen molar-refractivity contribution < 1.29 is 18.0 Å². The van der Waals surface area contributed by atoms with Crippen molar-refractivity contribution in [1.29, 1.82) is 0 Å². The van der Waals surface area contributed by atoms with Gasteiger partial charge in [0, 0.05) is 18.1 Å². The summed E-state index contributed by atoms with van der Waals surface area (Å²) in [6.07, 6.45) is -4.87. The second-order valence-electron chi connectivity index (χ2n) is 4.00. The number of halogens is 4. The minimum atomic E-state index is -4.87. The third-order valence-electron chi connectivity index (χ3n) is 2.71. The molecular weight excluding hydrogens is 269 g/mol. The van der Waals surface area contributed by atoms with Crippen LogP contribution in [0.1, 0.15) is 17.2 Å². The summed E-state index contributed by atoms with van der Waals surface area (Å²) in [6.45, 7) is 0.782. The third-order valence-corrected chi connectivity index (χ3v) is 2.94. The Hall–Kier alpha value is -1.27. The van der Waals surface area contributed by atoms with E-state index in [1.54, 1.807) is 18.2 Å². The van der Waals surface area contributed by atoms with E-state index in [0.717, 1.165) is 5.56 Å². The van der Waals surface area contributed by atoms with Gasteiger partial charge in [-0.1, -0.05) is 17.7 Å². The van der Waals surface area contributed by atoms with Crippen LogP contribution in [0.25, 0.3) is 0 Å². The van der Waals surface area contributed by atoms with Crippen LogP contribution in [0.5, 0.6) is 0 Å². The van der Waals surface area contributed by atoms with Crippen LogP contribution in [0.4, 0.5) is 13.2 Å². The van der Waals surface area contributed by atoms with Gasteiger partial charge in [-0.15, -0.1) is 0 Å². The molecule has 7 heteroatoms. The number of alkyl halides is 3. The average molecular weight is 279 g/mol.